The fourth-order valence-electron chi connectivity index (χ4n) is 0.645. The van der Waals surface area contributed by atoms with Crippen LogP contribution in [0.4, 0.5) is 0 Å². The molecule has 66 valence electrons. The maximum Gasteiger partial charge on any atom is 0.304 e. The number of carbonyl (C=O) groups is 1. The molecule has 0 aromatic heterocycles. The van der Waals surface area contributed by atoms with E-state index in [1.807, 2.05) is 11.9 Å². The van der Waals surface area contributed by atoms with Crippen molar-refractivity contribution in [3.05, 3.63) is 0 Å². The first-order valence-electron chi connectivity index (χ1n) is 3.56. The molecule has 0 heterocycles. The van der Waals surface area contributed by atoms with Crippen LogP contribution < -0.4 is 0 Å². The van der Waals surface area contributed by atoms with E-state index in [9.17, 15) is 4.79 Å². The lowest BCUT2D eigenvalue weighted by Crippen LogP contribution is -2.25. The van der Waals surface area contributed by atoms with Gasteiger partial charge in [-0.15, -0.1) is 0 Å². The van der Waals surface area contributed by atoms with E-state index in [4.69, 9.17) is 9.84 Å². The molecule has 0 bridgehead atoms. The highest BCUT2D eigenvalue weighted by molar-refractivity contribution is 5.66. The summed E-state index contributed by atoms with van der Waals surface area (Å²) in [4.78, 5) is 12.0. The van der Waals surface area contributed by atoms with E-state index in [2.05, 4.69) is 0 Å². The van der Waals surface area contributed by atoms with Gasteiger partial charge in [-0.2, -0.15) is 0 Å². The highest BCUT2D eigenvalue weighted by Crippen LogP contribution is 1.86. The van der Waals surface area contributed by atoms with Crippen LogP contribution in [0.15, 0.2) is 0 Å². The third kappa shape index (κ3) is 7.29. The van der Waals surface area contributed by atoms with Crippen molar-refractivity contribution in [2.75, 3.05) is 33.9 Å². The lowest BCUT2D eigenvalue weighted by molar-refractivity contribution is -0.137. The Bertz CT molecular complexity index is 116. The highest BCUT2D eigenvalue weighted by Gasteiger charge is 2.00. The van der Waals surface area contributed by atoms with Crippen LogP contribution in [-0.2, 0) is 9.53 Å². The molecule has 0 radical (unpaired) electrons. The van der Waals surface area contributed by atoms with E-state index in [1.54, 1.807) is 7.11 Å². The summed E-state index contributed by atoms with van der Waals surface area (Å²) >= 11 is 0. The Morgan fingerprint density at radius 3 is 2.64 bits per heavy atom. The van der Waals surface area contributed by atoms with Gasteiger partial charge in [-0.25, -0.2) is 0 Å². The van der Waals surface area contributed by atoms with E-state index < -0.39 is 5.97 Å². The summed E-state index contributed by atoms with van der Waals surface area (Å²) in [6.07, 6.45) is 0.195. The summed E-state index contributed by atoms with van der Waals surface area (Å²) in [6.45, 7) is 2.01. The number of methoxy groups -OCH3 is 1. The molecule has 0 rings (SSSR count). The summed E-state index contributed by atoms with van der Waals surface area (Å²) in [6, 6.07) is 0. The summed E-state index contributed by atoms with van der Waals surface area (Å²) < 4.78 is 4.83. The molecule has 0 fully saturated rings. The van der Waals surface area contributed by atoms with Gasteiger partial charge in [0.25, 0.3) is 0 Å². The van der Waals surface area contributed by atoms with E-state index in [-0.39, 0.29) is 6.42 Å². The summed E-state index contributed by atoms with van der Waals surface area (Å²) in [7, 11) is 3.51. The van der Waals surface area contributed by atoms with Crippen LogP contribution in [0.1, 0.15) is 6.42 Å². The molecule has 4 nitrogen and oxygen atoms in total. The van der Waals surface area contributed by atoms with E-state index in [0.29, 0.717) is 13.2 Å². The molecule has 11 heavy (non-hydrogen) atoms. The van der Waals surface area contributed by atoms with E-state index >= 15 is 0 Å². The van der Waals surface area contributed by atoms with Crippen molar-refractivity contribution < 1.29 is 14.6 Å². The van der Waals surface area contributed by atoms with Crippen molar-refractivity contribution in [3.63, 3.8) is 0 Å². The van der Waals surface area contributed by atoms with Crippen LogP contribution in [0.5, 0.6) is 0 Å². The molecule has 0 spiro atoms. The Hall–Kier alpha value is -0.610. The van der Waals surface area contributed by atoms with Crippen LogP contribution in [0.25, 0.3) is 0 Å². The largest absolute Gasteiger partial charge is 0.481 e. The number of likely N-dealkylation sites (N-methyl/N-ethyl adjacent to an activating group) is 1. The monoisotopic (exact) mass is 161 g/mol. The lowest BCUT2D eigenvalue weighted by Gasteiger charge is -2.13. The summed E-state index contributed by atoms with van der Waals surface area (Å²) in [5.41, 5.74) is 0. The zero-order valence-corrected chi connectivity index (χ0v) is 7.04. The fourth-order valence-corrected chi connectivity index (χ4v) is 0.645. The zero-order chi connectivity index (χ0) is 8.69. The first-order valence-corrected chi connectivity index (χ1v) is 3.56. The second kappa shape index (κ2) is 6.12. The van der Waals surface area contributed by atoms with Crippen molar-refractivity contribution in [1.29, 1.82) is 0 Å². The maximum atomic E-state index is 10.1. The van der Waals surface area contributed by atoms with Gasteiger partial charge < -0.3 is 14.7 Å². The van der Waals surface area contributed by atoms with Crippen LogP contribution in [0, 0.1) is 0 Å². The molecule has 0 aliphatic rings. The van der Waals surface area contributed by atoms with Crippen molar-refractivity contribution in [1.82, 2.24) is 4.90 Å². The highest BCUT2D eigenvalue weighted by atomic mass is 16.5. The minimum atomic E-state index is -0.755. The minimum Gasteiger partial charge on any atom is -0.481 e. The molecule has 0 aromatic carbocycles. The van der Waals surface area contributed by atoms with E-state index in [0.717, 1.165) is 6.54 Å². The van der Waals surface area contributed by atoms with E-state index in [1.165, 1.54) is 0 Å². The predicted octanol–water partition coefficient (Wildman–Crippen LogP) is 0.0393. The fraction of sp³-hybridized carbons (Fsp3) is 0.857. The Kier molecular flexibility index (Phi) is 5.78. The molecule has 0 aliphatic carbocycles. The van der Waals surface area contributed by atoms with Crippen LogP contribution >= 0.6 is 0 Å². The molecule has 4 heteroatoms. The van der Waals surface area contributed by atoms with Gasteiger partial charge in [-0.05, 0) is 7.05 Å². The third-order valence-electron chi connectivity index (χ3n) is 1.38. The van der Waals surface area contributed by atoms with Crippen LogP contribution in [0.2, 0.25) is 0 Å². The SMILES string of the molecule is COCCN(C)CCC(=O)O. The number of rotatable bonds is 6. The standard InChI is InChI=1S/C7H15NO3/c1-8(5-6-11-2)4-3-7(9)10/h3-6H2,1-2H3,(H,9,10). The second-order valence-corrected chi connectivity index (χ2v) is 2.44. The maximum absolute atomic E-state index is 10.1. The van der Waals surface area contributed by atoms with Gasteiger partial charge in [0.15, 0.2) is 0 Å². The number of nitrogens with zero attached hydrogens (tertiary/aromatic N) is 1. The molecule has 0 aliphatic heterocycles. The summed E-state index contributed by atoms with van der Waals surface area (Å²) in [5.74, 6) is -0.755. The third-order valence-corrected chi connectivity index (χ3v) is 1.38. The molecule has 0 aromatic rings. The number of carboxylic acids is 1. The summed E-state index contributed by atoms with van der Waals surface area (Å²) in [5, 5.41) is 8.33. The minimum absolute atomic E-state index is 0.195. The first kappa shape index (κ1) is 10.4. The van der Waals surface area contributed by atoms with Gasteiger partial charge in [-0.1, -0.05) is 0 Å². The Morgan fingerprint density at radius 2 is 2.18 bits per heavy atom. The van der Waals surface area contributed by atoms with Crippen molar-refractivity contribution in [3.8, 4) is 0 Å². The quantitative estimate of drug-likeness (QED) is 0.597. The molecule has 1 N–H and O–H groups in total. The molecule has 0 saturated heterocycles. The Labute approximate surface area is 66.8 Å². The van der Waals surface area contributed by atoms with Crippen molar-refractivity contribution in [2.24, 2.45) is 0 Å². The average Bonchev–Trinajstić information content (AvgIpc) is 1.97. The van der Waals surface area contributed by atoms with Crippen molar-refractivity contribution >= 4 is 5.97 Å². The Balaban J connectivity index is 3.22. The molecule has 0 atom stereocenters. The number of carboxylic acid groups (broad SMARTS) is 1. The number of ether oxygens (including phenoxy) is 1. The first-order chi connectivity index (χ1) is 5.16. The molecule has 0 amide bonds. The number of hydrogen-bond acceptors (Lipinski definition) is 3. The van der Waals surface area contributed by atoms with Crippen molar-refractivity contribution in [2.45, 2.75) is 6.42 Å². The topological polar surface area (TPSA) is 49.8 Å². The van der Waals surface area contributed by atoms with Gasteiger partial charge in [0, 0.05) is 20.2 Å². The molecular formula is C7H15NO3. The normalized spacial score (nSPS) is 10.5. The molecule has 0 unspecified atom stereocenters. The number of aliphatic carboxylic acids is 1. The van der Waals surface area contributed by atoms with Gasteiger partial charge in [0.1, 0.15) is 0 Å². The average molecular weight is 161 g/mol. The van der Waals surface area contributed by atoms with Crippen LogP contribution in [0.3, 0.4) is 0 Å². The van der Waals surface area contributed by atoms with Gasteiger partial charge in [-0.3, -0.25) is 4.79 Å². The second-order valence-electron chi connectivity index (χ2n) is 2.44. The van der Waals surface area contributed by atoms with Crippen LogP contribution in [-0.4, -0.2) is 49.8 Å². The smallest absolute Gasteiger partial charge is 0.304 e. The van der Waals surface area contributed by atoms with Gasteiger partial charge >= 0.3 is 5.97 Å². The predicted molar refractivity (Wildman–Crippen MR) is 41.6 cm³/mol. The van der Waals surface area contributed by atoms with Gasteiger partial charge in [0.2, 0.25) is 0 Å². The Morgan fingerprint density at radius 1 is 1.55 bits per heavy atom. The zero-order valence-electron chi connectivity index (χ0n) is 7.04. The molecule has 0 saturated carbocycles. The number of hydrogen-bond donors (Lipinski definition) is 1. The lowest BCUT2D eigenvalue weighted by atomic mass is 10.4. The molecular weight excluding hydrogens is 146 g/mol. The van der Waals surface area contributed by atoms with Gasteiger partial charge in [0.05, 0.1) is 13.0 Å².